The molecule has 101 valence electrons. The second kappa shape index (κ2) is 7.02. The maximum Gasteiger partial charge on any atom is 0.285 e. The Kier molecular flexibility index (Phi) is 6.29. The minimum absolute atomic E-state index is 0.381. The number of hydrogen-bond donors (Lipinski definition) is 3. The van der Waals surface area contributed by atoms with Crippen molar-refractivity contribution in [2.24, 2.45) is 17.3 Å². The summed E-state index contributed by atoms with van der Waals surface area (Å²) < 4.78 is 0. The molecule has 0 unspecified atom stereocenters. The highest BCUT2D eigenvalue weighted by atomic mass is 15.0. The van der Waals surface area contributed by atoms with E-state index in [4.69, 9.17) is 0 Å². The van der Waals surface area contributed by atoms with Crippen LogP contribution in [0.5, 0.6) is 0 Å². The molecule has 0 aromatic rings. The van der Waals surface area contributed by atoms with E-state index in [-0.39, 0.29) is 0 Å². The quantitative estimate of drug-likeness (QED) is 0.629. The smallest absolute Gasteiger partial charge is 0.285 e. The van der Waals surface area contributed by atoms with Gasteiger partial charge in [-0.2, -0.15) is 0 Å². The lowest BCUT2D eigenvalue weighted by Crippen LogP contribution is -2.70. The molecule has 0 aliphatic carbocycles. The molecule has 3 nitrogen and oxygen atoms in total. The Bertz CT molecular complexity index is 247. The SMILES string of the molecule is CC(C)CB1N[B]NB(CC(C)(C)CC(C)C)N1. The molecule has 1 radical (unpaired) electrons. The Balaban J connectivity index is 2.41. The number of nitrogens with one attached hydrogen (secondary N) is 3. The van der Waals surface area contributed by atoms with Gasteiger partial charge in [-0.3, -0.25) is 0 Å². The maximum atomic E-state index is 3.66. The fraction of sp³-hybridized carbons (Fsp3) is 1.00. The third-order valence-corrected chi connectivity index (χ3v) is 3.40. The molecule has 1 fully saturated rings. The van der Waals surface area contributed by atoms with E-state index in [0.717, 1.165) is 12.2 Å². The molecule has 0 aromatic heterocycles. The van der Waals surface area contributed by atoms with Crippen molar-refractivity contribution in [3.8, 4) is 0 Å². The van der Waals surface area contributed by atoms with Gasteiger partial charge in [-0.25, -0.2) is 0 Å². The van der Waals surface area contributed by atoms with Crippen LogP contribution in [0, 0.1) is 17.3 Å². The summed E-state index contributed by atoms with van der Waals surface area (Å²) >= 11 is 0. The standard InChI is InChI=1S/C12H29B3N3/c1-10(2)7-12(5,6)9-15-17-13-16-14(18-15)8-11(3)4/h10-11,16-18H,7-9H2,1-6H3. The fourth-order valence-electron chi connectivity index (χ4n) is 3.05. The van der Waals surface area contributed by atoms with Crippen LogP contribution in [0.4, 0.5) is 0 Å². The Morgan fingerprint density at radius 2 is 1.61 bits per heavy atom. The summed E-state index contributed by atoms with van der Waals surface area (Å²) in [6.07, 6.45) is 3.60. The fourth-order valence-corrected chi connectivity index (χ4v) is 3.05. The van der Waals surface area contributed by atoms with E-state index in [1.54, 1.807) is 0 Å². The average molecular weight is 248 g/mol. The first-order chi connectivity index (χ1) is 8.28. The van der Waals surface area contributed by atoms with Crippen LogP contribution in [0.2, 0.25) is 12.6 Å². The molecule has 6 heteroatoms. The highest BCUT2D eigenvalue weighted by Crippen LogP contribution is 2.30. The Morgan fingerprint density at radius 3 is 2.17 bits per heavy atom. The van der Waals surface area contributed by atoms with Gasteiger partial charge < -0.3 is 15.4 Å². The zero-order chi connectivity index (χ0) is 13.8. The van der Waals surface area contributed by atoms with Crippen molar-refractivity contribution in [3.05, 3.63) is 0 Å². The van der Waals surface area contributed by atoms with Gasteiger partial charge in [-0.15, -0.1) is 0 Å². The maximum absolute atomic E-state index is 3.66. The molecular formula is C12H29B3N3. The van der Waals surface area contributed by atoms with Gasteiger partial charge in [0.15, 0.2) is 0 Å². The minimum atomic E-state index is 0.381. The van der Waals surface area contributed by atoms with Crippen LogP contribution in [0.3, 0.4) is 0 Å². The van der Waals surface area contributed by atoms with Crippen molar-refractivity contribution in [2.45, 2.75) is 60.6 Å². The van der Waals surface area contributed by atoms with Gasteiger partial charge in [0.2, 0.25) is 0 Å². The molecule has 0 spiro atoms. The van der Waals surface area contributed by atoms with E-state index >= 15 is 0 Å². The normalized spacial score (nSPS) is 17.6. The first-order valence-corrected chi connectivity index (χ1v) is 7.38. The van der Waals surface area contributed by atoms with E-state index < -0.39 is 0 Å². The molecule has 3 N–H and O–H groups in total. The van der Waals surface area contributed by atoms with Crippen LogP contribution in [0.15, 0.2) is 0 Å². The van der Waals surface area contributed by atoms with Crippen molar-refractivity contribution in [2.75, 3.05) is 0 Å². The van der Waals surface area contributed by atoms with Gasteiger partial charge in [0.25, 0.3) is 21.5 Å². The van der Waals surface area contributed by atoms with E-state index in [1.807, 2.05) is 7.55 Å². The third-order valence-electron chi connectivity index (χ3n) is 3.40. The molecule has 1 heterocycles. The average Bonchev–Trinajstić information content (AvgIpc) is 2.13. The summed E-state index contributed by atoms with van der Waals surface area (Å²) in [5.41, 5.74) is 0.381. The molecule has 0 atom stereocenters. The Hall–Kier alpha value is 0.0748. The van der Waals surface area contributed by atoms with Crippen LogP contribution in [-0.2, 0) is 0 Å². The predicted molar refractivity (Wildman–Crippen MR) is 84.4 cm³/mol. The molecule has 0 bridgehead atoms. The lowest BCUT2D eigenvalue weighted by atomic mass is 9.49. The molecule has 0 saturated carbocycles. The summed E-state index contributed by atoms with van der Waals surface area (Å²) in [4.78, 5) is 0. The summed E-state index contributed by atoms with van der Waals surface area (Å²) in [7, 11) is 2.01. The molecular weight excluding hydrogens is 219 g/mol. The van der Waals surface area contributed by atoms with Crippen molar-refractivity contribution >= 4 is 21.5 Å². The zero-order valence-corrected chi connectivity index (χ0v) is 13.0. The van der Waals surface area contributed by atoms with Crippen LogP contribution in [-0.4, -0.2) is 21.5 Å². The van der Waals surface area contributed by atoms with Crippen LogP contribution in [0.1, 0.15) is 48.0 Å². The molecule has 1 aliphatic heterocycles. The second-order valence-corrected chi connectivity index (χ2v) is 7.35. The highest BCUT2D eigenvalue weighted by molar-refractivity contribution is 6.81. The third kappa shape index (κ3) is 6.30. The topological polar surface area (TPSA) is 36.1 Å². The van der Waals surface area contributed by atoms with Gasteiger partial charge in [-0.05, 0) is 30.4 Å². The largest absolute Gasteiger partial charge is 0.375 e. The molecule has 0 aromatic carbocycles. The summed E-state index contributed by atoms with van der Waals surface area (Å²) in [5.74, 6) is 1.47. The molecule has 1 saturated heterocycles. The van der Waals surface area contributed by atoms with Crippen LogP contribution >= 0.6 is 0 Å². The summed E-state index contributed by atoms with van der Waals surface area (Å²) in [6.45, 7) is 14.7. The number of hydrogen-bond acceptors (Lipinski definition) is 3. The molecule has 1 rings (SSSR count). The van der Waals surface area contributed by atoms with Gasteiger partial charge in [0.05, 0.1) is 0 Å². The van der Waals surface area contributed by atoms with E-state index in [9.17, 15) is 0 Å². The van der Waals surface area contributed by atoms with Gasteiger partial charge in [0, 0.05) is 0 Å². The first-order valence-electron chi connectivity index (χ1n) is 7.38. The van der Waals surface area contributed by atoms with Crippen molar-refractivity contribution in [1.29, 1.82) is 0 Å². The lowest BCUT2D eigenvalue weighted by molar-refractivity contribution is 0.317. The predicted octanol–water partition coefficient (Wildman–Crippen LogP) is 2.01. The van der Waals surface area contributed by atoms with Gasteiger partial charge in [0.1, 0.15) is 0 Å². The molecule has 18 heavy (non-hydrogen) atoms. The molecule has 0 amide bonds. The lowest BCUT2D eigenvalue weighted by Gasteiger charge is -2.35. The van der Waals surface area contributed by atoms with Crippen LogP contribution in [0.25, 0.3) is 0 Å². The van der Waals surface area contributed by atoms with Crippen molar-refractivity contribution in [1.82, 2.24) is 15.4 Å². The van der Waals surface area contributed by atoms with Crippen molar-refractivity contribution in [3.63, 3.8) is 0 Å². The molecule has 1 aliphatic rings. The van der Waals surface area contributed by atoms with E-state index in [0.29, 0.717) is 25.3 Å². The van der Waals surface area contributed by atoms with Gasteiger partial charge >= 0.3 is 0 Å². The van der Waals surface area contributed by atoms with Crippen LogP contribution < -0.4 is 15.4 Å². The second-order valence-electron chi connectivity index (χ2n) is 7.35. The van der Waals surface area contributed by atoms with E-state index in [2.05, 4.69) is 57.0 Å². The number of rotatable bonds is 6. The van der Waals surface area contributed by atoms with Gasteiger partial charge in [-0.1, -0.05) is 47.5 Å². The zero-order valence-electron chi connectivity index (χ0n) is 13.0. The first kappa shape index (κ1) is 16.1. The highest BCUT2D eigenvalue weighted by Gasteiger charge is 2.32. The Morgan fingerprint density at radius 1 is 1.00 bits per heavy atom. The monoisotopic (exact) mass is 248 g/mol. The summed E-state index contributed by atoms with van der Waals surface area (Å²) in [5, 5.41) is 10.4. The Labute approximate surface area is 115 Å². The summed E-state index contributed by atoms with van der Waals surface area (Å²) in [6, 6.07) is 0. The minimum Gasteiger partial charge on any atom is -0.375 e. The van der Waals surface area contributed by atoms with E-state index in [1.165, 1.54) is 12.7 Å². The van der Waals surface area contributed by atoms with Crippen molar-refractivity contribution < 1.29 is 0 Å².